The lowest BCUT2D eigenvalue weighted by Gasteiger charge is -2.34. The molecule has 1 amide bonds. The highest BCUT2D eigenvalue weighted by Crippen LogP contribution is 2.42. The molecule has 2 heterocycles. The minimum Gasteiger partial charge on any atom is -0.316 e. The summed E-state index contributed by atoms with van der Waals surface area (Å²) in [4.78, 5) is 19.3. The topological polar surface area (TPSA) is 32.7 Å². The van der Waals surface area contributed by atoms with Gasteiger partial charge in [0.2, 0.25) is 0 Å². The van der Waals surface area contributed by atoms with Crippen LogP contribution in [0.1, 0.15) is 22.3 Å². The van der Waals surface area contributed by atoms with Crippen molar-refractivity contribution >= 4 is 17.8 Å². The van der Waals surface area contributed by atoms with Crippen molar-refractivity contribution in [2.75, 3.05) is 0 Å². The zero-order valence-corrected chi connectivity index (χ0v) is 12.0. The average molecular weight is 286 g/mol. The van der Waals surface area contributed by atoms with Gasteiger partial charge in [-0.25, -0.2) is 0 Å². The molecule has 0 atom stereocenters. The van der Waals surface area contributed by atoms with Crippen LogP contribution in [-0.4, -0.2) is 22.2 Å². The zero-order valence-electron chi connectivity index (χ0n) is 12.0. The minimum absolute atomic E-state index is 0.0138. The summed E-state index contributed by atoms with van der Waals surface area (Å²) in [6.07, 6.45) is 5.58. The quantitative estimate of drug-likeness (QED) is 0.746. The average Bonchev–Trinajstić information content (AvgIpc) is 3.07. The number of amides is 1. The van der Waals surface area contributed by atoms with E-state index in [0.29, 0.717) is 0 Å². The van der Waals surface area contributed by atoms with Crippen LogP contribution in [-0.2, 0) is 17.6 Å². The summed E-state index contributed by atoms with van der Waals surface area (Å²) in [7, 11) is 0. The molecule has 3 aliphatic rings. The van der Waals surface area contributed by atoms with Crippen LogP contribution in [0.2, 0.25) is 0 Å². The first kappa shape index (κ1) is 11.9. The Morgan fingerprint density at radius 3 is 2.41 bits per heavy atom. The standard InChI is InChI=1S/C19H14N2O/c22-18-19(11-14-6-1-2-7-15(14)12-19)21-10-9-13-5-3-4-8-16(13)17(21)20-18/h1-10H,11-12H2. The highest BCUT2D eigenvalue weighted by atomic mass is 16.2. The first-order valence-electron chi connectivity index (χ1n) is 7.55. The number of carbonyl (C=O) groups is 1. The number of nitrogens with zero attached hydrogens (tertiary/aromatic N) is 2. The first-order valence-corrected chi connectivity index (χ1v) is 7.55. The fourth-order valence-electron chi connectivity index (χ4n) is 3.88. The first-order chi connectivity index (χ1) is 10.8. The molecule has 5 rings (SSSR count). The van der Waals surface area contributed by atoms with Gasteiger partial charge >= 0.3 is 0 Å². The van der Waals surface area contributed by atoms with E-state index in [1.807, 2.05) is 36.5 Å². The van der Waals surface area contributed by atoms with Crippen LogP contribution >= 0.6 is 0 Å². The van der Waals surface area contributed by atoms with Crippen LogP contribution < -0.4 is 0 Å². The molecule has 3 nitrogen and oxygen atoms in total. The fraction of sp³-hybridized carbons (Fsp3) is 0.158. The molecule has 2 aliphatic heterocycles. The molecule has 0 bridgehead atoms. The number of carbonyl (C=O) groups excluding carboxylic acids is 1. The third-order valence-electron chi connectivity index (χ3n) is 4.98. The van der Waals surface area contributed by atoms with Crippen molar-refractivity contribution in [3.63, 3.8) is 0 Å². The van der Waals surface area contributed by atoms with E-state index in [1.165, 1.54) is 11.1 Å². The SMILES string of the molecule is O=C1N=C2c3ccccc3C=CN2C12Cc1ccccc1C2. The van der Waals surface area contributed by atoms with Gasteiger partial charge in [-0.2, -0.15) is 4.99 Å². The fourth-order valence-corrected chi connectivity index (χ4v) is 3.88. The molecule has 0 aromatic heterocycles. The van der Waals surface area contributed by atoms with Gasteiger partial charge in [0.05, 0.1) is 0 Å². The van der Waals surface area contributed by atoms with Crippen molar-refractivity contribution in [2.24, 2.45) is 4.99 Å². The van der Waals surface area contributed by atoms with Crippen LogP contribution in [0.15, 0.2) is 59.7 Å². The molecular weight excluding hydrogens is 272 g/mol. The highest BCUT2D eigenvalue weighted by molar-refractivity contribution is 6.17. The molecule has 2 aromatic rings. The van der Waals surface area contributed by atoms with Crippen molar-refractivity contribution < 1.29 is 4.79 Å². The van der Waals surface area contributed by atoms with Crippen molar-refractivity contribution in [1.82, 2.24) is 4.90 Å². The van der Waals surface area contributed by atoms with Gasteiger partial charge in [-0.15, -0.1) is 0 Å². The smallest absolute Gasteiger partial charge is 0.274 e. The van der Waals surface area contributed by atoms with Crippen LogP contribution in [0.5, 0.6) is 0 Å². The Morgan fingerprint density at radius 1 is 0.955 bits per heavy atom. The second-order valence-electron chi connectivity index (χ2n) is 6.17. The highest BCUT2D eigenvalue weighted by Gasteiger charge is 2.53. The number of fused-ring (bicyclic) bond motifs is 5. The Hall–Kier alpha value is -2.68. The van der Waals surface area contributed by atoms with Crippen LogP contribution in [0.25, 0.3) is 6.08 Å². The van der Waals surface area contributed by atoms with E-state index in [-0.39, 0.29) is 5.91 Å². The summed E-state index contributed by atoms with van der Waals surface area (Å²) < 4.78 is 0. The number of hydrogen-bond acceptors (Lipinski definition) is 2. The van der Waals surface area contributed by atoms with E-state index < -0.39 is 5.54 Å². The summed E-state index contributed by atoms with van der Waals surface area (Å²) >= 11 is 0. The monoisotopic (exact) mass is 286 g/mol. The molecule has 0 N–H and O–H groups in total. The maximum atomic E-state index is 12.8. The lowest BCUT2D eigenvalue weighted by atomic mass is 9.92. The maximum Gasteiger partial charge on any atom is 0.274 e. The predicted octanol–water partition coefficient (Wildman–Crippen LogP) is 2.80. The van der Waals surface area contributed by atoms with Gasteiger partial charge in [0.15, 0.2) is 0 Å². The Labute approximate surface area is 128 Å². The van der Waals surface area contributed by atoms with Crippen molar-refractivity contribution in [3.8, 4) is 0 Å². The molecular formula is C19H14N2O. The summed E-state index contributed by atoms with van der Waals surface area (Å²) in [5.41, 5.74) is 4.14. The summed E-state index contributed by atoms with van der Waals surface area (Å²) in [6.45, 7) is 0. The number of amidine groups is 1. The number of rotatable bonds is 0. The Balaban J connectivity index is 1.65. The van der Waals surface area contributed by atoms with Crippen LogP contribution in [0.3, 0.4) is 0 Å². The molecule has 1 spiro atoms. The van der Waals surface area contributed by atoms with E-state index >= 15 is 0 Å². The molecule has 0 radical (unpaired) electrons. The minimum atomic E-state index is -0.553. The Morgan fingerprint density at radius 2 is 1.64 bits per heavy atom. The van der Waals surface area contributed by atoms with Gasteiger partial charge in [-0.1, -0.05) is 48.5 Å². The van der Waals surface area contributed by atoms with E-state index in [2.05, 4.69) is 34.2 Å². The number of benzene rings is 2. The second-order valence-corrected chi connectivity index (χ2v) is 6.17. The summed E-state index contributed by atoms with van der Waals surface area (Å²) in [6, 6.07) is 16.4. The molecule has 0 saturated heterocycles. The summed E-state index contributed by atoms with van der Waals surface area (Å²) in [5, 5.41) is 0. The van der Waals surface area contributed by atoms with Gasteiger partial charge in [0, 0.05) is 24.6 Å². The third kappa shape index (κ3) is 1.36. The lowest BCUT2D eigenvalue weighted by Crippen LogP contribution is -2.50. The molecule has 0 saturated carbocycles. The number of aliphatic imine (C=N–C) groups is 1. The van der Waals surface area contributed by atoms with Crippen molar-refractivity contribution in [2.45, 2.75) is 18.4 Å². The Kier molecular flexibility index (Phi) is 2.14. The van der Waals surface area contributed by atoms with Gasteiger partial charge in [0.1, 0.15) is 11.4 Å². The number of hydrogen-bond donors (Lipinski definition) is 0. The van der Waals surface area contributed by atoms with E-state index in [1.54, 1.807) is 0 Å². The molecule has 0 unspecified atom stereocenters. The maximum absolute atomic E-state index is 12.8. The molecule has 3 heteroatoms. The molecule has 0 fully saturated rings. The largest absolute Gasteiger partial charge is 0.316 e. The molecule has 2 aromatic carbocycles. The lowest BCUT2D eigenvalue weighted by molar-refractivity contribution is -0.124. The van der Waals surface area contributed by atoms with Gasteiger partial charge in [-0.3, -0.25) is 4.79 Å². The third-order valence-corrected chi connectivity index (χ3v) is 4.98. The molecule has 22 heavy (non-hydrogen) atoms. The Bertz CT molecular complexity index is 854. The van der Waals surface area contributed by atoms with E-state index in [9.17, 15) is 4.79 Å². The zero-order chi connectivity index (χ0) is 14.7. The molecule has 106 valence electrons. The second kappa shape index (κ2) is 3.95. The van der Waals surface area contributed by atoms with E-state index in [4.69, 9.17) is 0 Å². The normalized spacial score (nSPS) is 19.9. The van der Waals surface area contributed by atoms with Gasteiger partial charge in [0.25, 0.3) is 5.91 Å². The molecule has 1 aliphatic carbocycles. The van der Waals surface area contributed by atoms with Gasteiger partial charge in [-0.05, 0) is 22.8 Å². The van der Waals surface area contributed by atoms with Crippen molar-refractivity contribution in [1.29, 1.82) is 0 Å². The van der Waals surface area contributed by atoms with Crippen LogP contribution in [0, 0.1) is 0 Å². The van der Waals surface area contributed by atoms with E-state index in [0.717, 1.165) is 29.8 Å². The van der Waals surface area contributed by atoms with Crippen molar-refractivity contribution in [3.05, 3.63) is 77.0 Å². The van der Waals surface area contributed by atoms with Crippen LogP contribution in [0.4, 0.5) is 0 Å². The summed E-state index contributed by atoms with van der Waals surface area (Å²) in [5.74, 6) is 0.788. The predicted molar refractivity (Wildman–Crippen MR) is 85.4 cm³/mol. The van der Waals surface area contributed by atoms with Gasteiger partial charge < -0.3 is 4.90 Å².